The number of aliphatic hydroxyl groups is 1. The molecule has 6 heteroatoms. The van der Waals surface area contributed by atoms with E-state index >= 15 is 0 Å². The van der Waals surface area contributed by atoms with E-state index in [0.29, 0.717) is 6.61 Å². The first-order valence-electron chi connectivity index (χ1n) is 7.51. The van der Waals surface area contributed by atoms with Crippen molar-refractivity contribution in [3.63, 3.8) is 0 Å². The zero-order valence-electron chi connectivity index (χ0n) is 13.2. The molecule has 22 heavy (non-hydrogen) atoms. The molecular formula is C16H23N3O3. The van der Waals surface area contributed by atoms with Gasteiger partial charge in [0.15, 0.2) is 0 Å². The fraction of sp³-hybridized carbons (Fsp3) is 0.500. The van der Waals surface area contributed by atoms with Gasteiger partial charge in [0.1, 0.15) is 11.5 Å². The van der Waals surface area contributed by atoms with Crippen LogP contribution in [0.3, 0.4) is 0 Å². The van der Waals surface area contributed by atoms with Crippen molar-refractivity contribution in [2.24, 2.45) is 0 Å². The summed E-state index contributed by atoms with van der Waals surface area (Å²) in [7, 11) is 1.64. The monoisotopic (exact) mass is 305 g/mol. The molecule has 0 aliphatic heterocycles. The lowest BCUT2D eigenvalue weighted by atomic mass is 10.2. The van der Waals surface area contributed by atoms with Crippen LogP contribution in [0.1, 0.15) is 24.2 Å². The Morgan fingerprint density at radius 1 is 1.14 bits per heavy atom. The summed E-state index contributed by atoms with van der Waals surface area (Å²) in [4.78, 5) is 0. The molecule has 0 unspecified atom stereocenters. The molecule has 1 N–H and O–H groups in total. The maximum Gasteiger partial charge on any atom is 0.119 e. The molecule has 0 fully saturated rings. The van der Waals surface area contributed by atoms with E-state index in [1.54, 1.807) is 7.11 Å². The Balaban J connectivity index is 1.75. The molecular weight excluding hydrogens is 282 g/mol. The van der Waals surface area contributed by atoms with Crippen LogP contribution < -0.4 is 9.47 Å². The first-order chi connectivity index (χ1) is 10.7. The second kappa shape index (κ2) is 8.38. The van der Waals surface area contributed by atoms with Gasteiger partial charge in [0, 0.05) is 19.6 Å². The highest BCUT2D eigenvalue weighted by atomic mass is 16.5. The Kier molecular flexibility index (Phi) is 6.21. The summed E-state index contributed by atoms with van der Waals surface area (Å²) in [6, 6.07) is 7.55. The van der Waals surface area contributed by atoms with Crippen LogP contribution in [0.5, 0.6) is 11.5 Å². The quantitative estimate of drug-likeness (QED) is 0.718. The predicted molar refractivity (Wildman–Crippen MR) is 83.3 cm³/mol. The number of hydrogen-bond donors (Lipinski definition) is 1. The second-order valence-corrected chi connectivity index (χ2v) is 5.05. The van der Waals surface area contributed by atoms with Gasteiger partial charge in [0.25, 0.3) is 0 Å². The molecule has 0 bridgehead atoms. The molecule has 2 aromatic rings. The molecule has 0 atom stereocenters. The minimum atomic E-state index is 0.183. The van der Waals surface area contributed by atoms with Crippen molar-refractivity contribution >= 4 is 0 Å². The van der Waals surface area contributed by atoms with Crippen molar-refractivity contribution < 1.29 is 14.6 Å². The van der Waals surface area contributed by atoms with Crippen molar-refractivity contribution in [3.05, 3.63) is 35.7 Å². The van der Waals surface area contributed by atoms with Gasteiger partial charge in [-0.1, -0.05) is 5.21 Å². The lowest BCUT2D eigenvalue weighted by molar-refractivity contribution is 0.288. The van der Waals surface area contributed by atoms with Gasteiger partial charge in [-0.2, -0.15) is 0 Å². The molecule has 1 aromatic carbocycles. The number of hydrogen-bond acceptors (Lipinski definition) is 5. The SMILES string of the molecule is COc1ccc(OCCCn2nnc(CCCO)c2C)cc1. The van der Waals surface area contributed by atoms with E-state index in [9.17, 15) is 0 Å². The number of aromatic nitrogens is 3. The van der Waals surface area contributed by atoms with Crippen molar-refractivity contribution in [2.75, 3.05) is 20.3 Å². The van der Waals surface area contributed by atoms with Crippen LogP contribution in [0.4, 0.5) is 0 Å². The molecule has 1 heterocycles. The third-order valence-electron chi connectivity index (χ3n) is 3.49. The number of methoxy groups -OCH3 is 1. The van der Waals surface area contributed by atoms with Crippen LogP contribution in [0.15, 0.2) is 24.3 Å². The molecule has 120 valence electrons. The van der Waals surface area contributed by atoms with Crippen LogP contribution >= 0.6 is 0 Å². The molecule has 0 radical (unpaired) electrons. The Morgan fingerprint density at radius 2 is 1.86 bits per heavy atom. The Hall–Kier alpha value is -2.08. The molecule has 0 saturated heterocycles. The molecule has 6 nitrogen and oxygen atoms in total. The van der Waals surface area contributed by atoms with Crippen LogP contribution in [0.2, 0.25) is 0 Å². The Bertz CT molecular complexity index is 567. The molecule has 0 spiro atoms. The van der Waals surface area contributed by atoms with Crippen molar-refractivity contribution in [1.29, 1.82) is 0 Å². The molecule has 1 aromatic heterocycles. The third kappa shape index (κ3) is 4.46. The van der Waals surface area contributed by atoms with E-state index < -0.39 is 0 Å². The minimum Gasteiger partial charge on any atom is -0.497 e. The van der Waals surface area contributed by atoms with Gasteiger partial charge in [-0.05, 0) is 44.0 Å². The zero-order valence-corrected chi connectivity index (χ0v) is 13.2. The predicted octanol–water partition coefficient (Wildman–Crippen LogP) is 1.99. The van der Waals surface area contributed by atoms with Gasteiger partial charge in [-0.25, -0.2) is 4.68 Å². The maximum absolute atomic E-state index is 8.86. The average Bonchev–Trinajstić information content (AvgIpc) is 2.90. The third-order valence-corrected chi connectivity index (χ3v) is 3.49. The molecule has 0 aliphatic carbocycles. The normalized spacial score (nSPS) is 10.7. The van der Waals surface area contributed by atoms with Gasteiger partial charge in [0.2, 0.25) is 0 Å². The van der Waals surface area contributed by atoms with Gasteiger partial charge in [0.05, 0.1) is 25.1 Å². The highest BCUT2D eigenvalue weighted by Gasteiger charge is 2.07. The summed E-state index contributed by atoms with van der Waals surface area (Å²) < 4.78 is 12.7. The van der Waals surface area contributed by atoms with Crippen LogP contribution in [0, 0.1) is 6.92 Å². The van der Waals surface area contributed by atoms with Crippen LogP contribution in [0.25, 0.3) is 0 Å². The second-order valence-electron chi connectivity index (χ2n) is 5.05. The average molecular weight is 305 g/mol. The standard InChI is InChI=1S/C16H23N3O3/c1-13-16(5-3-11-20)17-18-19(13)10-4-12-22-15-8-6-14(21-2)7-9-15/h6-9,20H,3-5,10-12H2,1-2H3. The van der Waals surface area contributed by atoms with E-state index in [2.05, 4.69) is 10.3 Å². The van der Waals surface area contributed by atoms with Crippen molar-refractivity contribution in [1.82, 2.24) is 15.0 Å². The minimum absolute atomic E-state index is 0.183. The number of ether oxygens (including phenoxy) is 2. The summed E-state index contributed by atoms with van der Waals surface area (Å²) in [6.45, 7) is 3.59. The van der Waals surface area contributed by atoms with Gasteiger partial charge in [-0.3, -0.25) is 0 Å². The highest BCUT2D eigenvalue weighted by molar-refractivity contribution is 5.31. The number of benzene rings is 1. The lowest BCUT2D eigenvalue weighted by Crippen LogP contribution is -2.07. The van der Waals surface area contributed by atoms with Crippen molar-refractivity contribution in [2.45, 2.75) is 32.7 Å². The van der Waals surface area contributed by atoms with Crippen LogP contribution in [-0.2, 0) is 13.0 Å². The van der Waals surface area contributed by atoms with E-state index in [4.69, 9.17) is 14.6 Å². The summed E-state index contributed by atoms with van der Waals surface area (Å²) >= 11 is 0. The summed E-state index contributed by atoms with van der Waals surface area (Å²) in [5, 5.41) is 17.2. The fourth-order valence-corrected chi connectivity index (χ4v) is 2.16. The summed E-state index contributed by atoms with van der Waals surface area (Å²) in [6.07, 6.45) is 2.35. The van der Waals surface area contributed by atoms with Gasteiger partial charge in [-0.15, -0.1) is 5.10 Å². The molecule has 0 amide bonds. The smallest absolute Gasteiger partial charge is 0.119 e. The fourth-order valence-electron chi connectivity index (χ4n) is 2.16. The maximum atomic E-state index is 8.86. The lowest BCUT2D eigenvalue weighted by Gasteiger charge is -2.08. The van der Waals surface area contributed by atoms with Gasteiger partial charge < -0.3 is 14.6 Å². The Morgan fingerprint density at radius 3 is 2.55 bits per heavy atom. The first kappa shape index (κ1) is 16.3. The first-order valence-corrected chi connectivity index (χ1v) is 7.51. The molecule has 0 aliphatic rings. The number of nitrogens with zero attached hydrogens (tertiary/aromatic N) is 3. The van der Waals surface area contributed by atoms with E-state index in [1.165, 1.54) is 0 Å². The molecule has 0 saturated carbocycles. The summed E-state index contributed by atoms with van der Waals surface area (Å²) in [5.41, 5.74) is 2.03. The molecule has 2 rings (SSSR count). The Labute approximate surface area is 130 Å². The zero-order chi connectivity index (χ0) is 15.8. The number of rotatable bonds is 9. The van der Waals surface area contributed by atoms with Crippen LogP contribution in [-0.4, -0.2) is 40.4 Å². The number of aryl methyl sites for hydroxylation is 2. The van der Waals surface area contributed by atoms with E-state index in [-0.39, 0.29) is 6.61 Å². The van der Waals surface area contributed by atoms with E-state index in [0.717, 1.165) is 48.7 Å². The van der Waals surface area contributed by atoms with E-state index in [1.807, 2.05) is 35.9 Å². The van der Waals surface area contributed by atoms with Gasteiger partial charge >= 0.3 is 0 Å². The topological polar surface area (TPSA) is 69.4 Å². The largest absolute Gasteiger partial charge is 0.497 e. The summed E-state index contributed by atoms with van der Waals surface area (Å²) in [5.74, 6) is 1.65. The number of aliphatic hydroxyl groups excluding tert-OH is 1. The van der Waals surface area contributed by atoms with Crippen molar-refractivity contribution in [3.8, 4) is 11.5 Å². The highest BCUT2D eigenvalue weighted by Crippen LogP contribution is 2.17.